The second-order valence-electron chi connectivity index (χ2n) is 21.3. The molecule has 7 heterocycles. The number of methoxy groups -OCH3 is 7. The molecule has 57 heteroatoms. The van der Waals surface area contributed by atoms with Crippen molar-refractivity contribution in [2.75, 3.05) is 122 Å². The first-order valence-corrected chi connectivity index (χ1v) is 36.0. The fourth-order valence-electron chi connectivity index (χ4n) is 7.28. The van der Waals surface area contributed by atoms with Gasteiger partial charge in [-0.1, -0.05) is 10.3 Å². The Hall–Kier alpha value is -12.4. The number of alkyl halides is 1. The van der Waals surface area contributed by atoms with Crippen LogP contribution in [0, 0.1) is 0 Å². The monoisotopic (exact) mass is 1890 g/mol. The molecule has 53 nitrogen and oxygen atoms in total. The summed E-state index contributed by atoms with van der Waals surface area (Å²) in [6.45, 7) is 13.5. The fourth-order valence-corrected chi connectivity index (χ4v) is 7.61. The molecule has 7 rings (SSSR count). The van der Waals surface area contributed by atoms with Crippen LogP contribution in [0.3, 0.4) is 0 Å². The zero-order chi connectivity index (χ0) is 97.8. The number of ether oxygens (including phenoxy) is 13. The predicted molar refractivity (Wildman–Crippen MR) is 432 cm³/mol. The third kappa shape index (κ3) is 43.8. The Kier molecular flexibility index (Phi) is 68.1. The number of aromatic nitrogens is 10. The first-order chi connectivity index (χ1) is 58.8. The number of halogens is 3. The molecule has 126 heavy (non-hydrogen) atoms. The Morgan fingerprint density at radius 2 is 0.968 bits per heavy atom. The number of anilines is 1. The van der Waals surface area contributed by atoms with E-state index in [1.54, 1.807) is 41.5 Å². The average Bonchev–Trinajstić information content (AvgIpc) is 1.16. The molecule has 1 aliphatic rings. The summed E-state index contributed by atoms with van der Waals surface area (Å²) >= 11 is 16.1. The van der Waals surface area contributed by atoms with Crippen LogP contribution in [0.25, 0.3) is 5.90 Å². The number of hydrogen-bond donors (Lipinski definition) is 8. The molecule has 1 saturated heterocycles. The first-order valence-electron chi connectivity index (χ1n) is 34.5. The number of nitrogens with two attached hydrogens (primary N) is 2. The molecule has 1 atom stereocenters. The van der Waals surface area contributed by atoms with E-state index >= 15 is 0 Å². The number of carboxylic acid groups (broad SMARTS) is 1. The Labute approximate surface area is 772 Å². The van der Waals surface area contributed by atoms with Gasteiger partial charge in [-0.3, -0.25) is 81.6 Å². The molecule has 0 radical (unpaired) electrons. The maximum Gasteiger partial charge on any atom is 1.00 e. The number of ketones is 4. The van der Waals surface area contributed by atoms with Crippen LogP contribution in [0.2, 0.25) is 10.6 Å². The van der Waals surface area contributed by atoms with Crippen molar-refractivity contribution in [2.24, 2.45) is 33.9 Å². The number of likely N-dealkylation sites (N-methyl/N-ethyl adjacent to an activating group) is 1. The summed E-state index contributed by atoms with van der Waals surface area (Å²) in [5.74, 6) is -5.31. The zero-order valence-electron chi connectivity index (χ0n) is 72.5. The number of hydrogen-bond acceptors (Lipinski definition) is 41. The van der Waals surface area contributed by atoms with Crippen molar-refractivity contribution in [2.45, 2.75) is 67.9 Å². The number of Topliss-reactive ketones (excluding diaryl/α,β-unsaturated/α-hetero) is 4. The zero-order valence-corrected chi connectivity index (χ0v) is 77.9. The van der Waals surface area contributed by atoms with Crippen LogP contribution in [0.1, 0.15) is 103 Å². The molecule has 698 valence electrons. The maximum atomic E-state index is 12.1. The van der Waals surface area contributed by atoms with Gasteiger partial charge >= 0.3 is 117 Å². The number of aromatic carboxylic acids is 1. The number of aromatic amines is 2. The van der Waals surface area contributed by atoms with E-state index in [2.05, 4.69) is 100 Å². The number of rotatable bonds is 25. The number of nitrogen functional groups attached to an aromatic ring is 1. The fraction of sp³-hybridized carbons (Fsp3) is 0.449. The van der Waals surface area contributed by atoms with Crippen molar-refractivity contribution >= 4 is 123 Å². The first kappa shape index (κ1) is 124. The van der Waals surface area contributed by atoms with E-state index in [1.165, 1.54) is 123 Å². The molecule has 1 aliphatic heterocycles. The minimum absolute atomic E-state index is 0. The van der Waals surface area contributed by atoms with Crippen LogP contribution in [-0.4, -0.2) is 269 Å². The Morgan fingerprint density at radius 1 is 0.563 bits per heavy atom. The summed E-state index contributed by atoms with van der Waals surface area (Å²) in [7, 11) is 16.9. The third-order valence-electron chi connectivity index (χ3n) is 13.1. The molecule has 6 aromatic rings. The molecule has 0 saturated carbocycles. The Morgan fingerprint density at radius 3 is 1.30 bits per heavy atom. The van der Waals surface area contributed by atoms with Crippen LogP contribution in [0.5, 0.6) is 23.0 Å². The second-order valence-corrected chi connectivity index (χ2v) is 22.0. The van der Waals surface area contributed by atoms with Crippen LogP contribution in [-0.2, 0) is 116 Å². The topological polar surface area (TPSA) is 734 Å². The van der Waals surface area contributed by atoms with Gasteiger partial charge in [-0.15, -0.1) is 11.6 Å². The van der Waals surface area contributed by atoms with Crippen LogP contribution >= 0.6 is 34.8 Å². The van der Waals surface area contributed by atoms with Crippen LogP contribution < -0.4 is 126 Å². The minimum Gasteiger partial charge on any atom is -0.553 e. The number of carboxylic acids is 1. The van der Waals surface area contributed by atoms with Gasteiger partial charge in [-0.25, -0.2) is 62.7 Å². The van der Waals surface area contributed by atoms with E-state index in [0.29, 0.717) is 17.9 Å². The molecule has 0 aromatic carbocycles. The number of amides is 5. The van der Waals surface area contributed by atoms with E-state index in [1.807, 2.05) is 4.98 Å². The summed E-state index contributed by atoms with van der Waals surface area (Å²) in [6.07, 6.45) is 5.62. The van der Waals surface area contributed by atoms with Gasteiger partial charge in [-0.05, 0) is 64.7 Å². The molecular formula is C69H98Cl3KN16O37. The molecule has 0 spiro atoms. The van der Waals surface area contributed by atoms with E-state index in [0.717, 1.165) is 37.2 Å². The Balaban J connectivity index is -0.000000322. The summed E-state index contributed by atoms with van der Waals surface area (Å²) in [5.41, 5.74) is 5.46. The smallest absolute Gasteiger partial charge is 0.553 e. The van der Waals surface area contributed by atoms with Gasteiger partial charge < -0.3 is 104 Å². The SMILES string of the molecule is CCOC(=O)/C(OC)=C1\NC(=O)N(C)C1=O.CCOC(=O)C(C)=O.CCOC(=O)C(OC)C(=O)C(C)=O.CCOC(=O)COC.CCOC(=O)c1[nH]c(=O)n(C)c(=O)c1OC.CCOC(=O)c1nc(Cl)n(C)c(=O)c1OC.CCl.CNC(N)=O.COc1c(C(=O)Cc2cnoc2)nc(Cl)n(C)c1=O.COc1c(C(=O)O)[nH]c(=O)n(C)c1=O.Nc1cnoc1.[K+].[NH-]O. The van der Waals surface area contributed by atoms with Crippen molar-refractivity contribution < 1.29 is 199 Å². The van der Waals surface area contributed by atoms with Crippen molar-refractivity contribution in [1.82, 2.24) is 64.1 Å². The molecule has 11 N–H and O–H groups in total. The van der Waals surface area contributed by atoms with Gasteiger partial charge in [0.2, 0.25) is 57.0 Å². The number of H-pyrrole nitrogens is 2. The largest absolute Gasteiger partial charge is 1.00 e. The van der Waals surface area contributed by atoms with Gasteiger partial charge in [-0.2, -0.15) is 0 Å². The van der Waals surface area contributed by atoms with Gasteiger partial charge in [0.25, 0.3) is 28.1 Å². The molecule has 6 aromatic heterocycles. The van der Waals surface area contributed by atoms with Gasteiger partial charge in [0.05, 0.1) is 93.3 Å². The average molecular weight is 1890 g/mol. The van der Waals surface area contributed by atoms with Gasteiger partial charge in [0, 0.05) is 88.7 Å². The molecular weight excluding hydrogens is 1790 g/mol. The maximum absolute atomic E-state index is 12.1. The van der Waals surface area contributed by atoms with Crippen molar-refractivity contribution in [3.8, 4) is 23.0 Å². The number of imide groups is 1. The molecule has 1 fully saturated rings. The third-order valence-corrected chi connectivity index (χ3v) is 13.8. The molecule has 5 amide bonds. The van der Waals surface area contributed by atoms with Crippen molar-refractivity contribution in [1.29, 1.82) is 0 Å². The van der Waals surface area contributed by atoms with Crippen LogP contribution in [0.15, 0.2) is 74.2 Å². The minimum atomic E-state index is -1.42. The van der Waals surface area contributed by atoms with Crippen LogP contribution in [0.4, 0.5) is 15.3 Å². The number of esters is 6. The van der Waals surface area contributed by atoms with E-state index in [-0.39, 0.29) is 166 Å². The number of nitrogens with one attached hydrogen (secondary N) is 5. The normalized spacial score (nSPS) is 10.6. The summed E-state index contributed by atoms with van der Waals surface area (Å²) in [5, 5.41) is 25.9. The van der Waals surface area contributed by atoms with Crippen molar-refractivity contribution in [3.63, 3.8) is 0 Å². The molecule has 0 aliphatic carbocycles. The van der Waals surface area contributed by atoms with Gasteiger partial charge in [0.15, 0.2) is 40.0 Å². The number of carbonyl (C=O) groups is 14. The second kappa shape index (κ2) is 69.0. The number of urea groups is 2. The van der Waals surface area contributed by atoms with E-state index in [9.17, 15) is 95.9 Å². The van der Waals surface area contributed by atoms with Crippen molar-refractivity contribution in [3.05, 3.63) is 144 Å². The quantitative estimate of drug-likeness (QED) is 0.00230. The number of carbonyl (C=O) groups excluding carboxylic acids is 13. The number of primary amides is 1. The van der Waals surface area contributed by atoms with E-state index < -0.39 is 122 Å². The number of nitrogens with zero attached hydrogens (tertiary/aromatic N) is 9. The molecule has 0 bridgehead atoms. The molecule has 1 unspecified atom stereocenters. The summed E-state index contributed by atoms with van der Waals surface area (Å²) in [4.78, 5) is 234. The van der Waals surface area contributed by atoms with Gasteiger partial charge in [0.1, 0.15) is 19.1 Å². The Bertz CT molecular complexity index is 4940. The predicted octanol–water partition coefficient (Wildman–Crippen LogP) is -3.01. The standard InChI is InChI=1S/C11H10ClN3O4.C9H11ClN2O4.2C9H12N2O5.C8H12O5.C7H8N2O5.C5H10O3.C5H8O3.C3H4N2O.C2H6N2O.CH3Cl.K.H2NO/c1-15-10(17)9(18-2)8(14-11(15)12)7(16)3-6-4-13-19-5-6;1-4-16-8(14)5-6(15-3)7(13)12(2)9(10)11-5;1-4-16-8(13)5-6(15-3)7(12)11(2)9(14)10-5;1-4-16-8(13)6(15-3)5-7(12)11(2)9(14)10-5;1-4-13-8(11)7(12-3)6(10)5(2)9;1-9-5(10)4(14-2)3(6(11)12)8-7(9)13;1-3-8-5(6)4-7-2;1-3-8-5(7)4(2)6;4-3-1-5-6-2-3;1-4-2(3)5;1-2;;1-2/h4-5H,3H2,1-2H3;4H2,1-3H3;2*4H2,1-3H3,(H,10,14);7H,4H2,1-3H3;1-2H3,(H,8,13)(H,11,12);3-4H2,1-2H3;3H2,1-2H3;1-2H,4H2;1H3,(H3,3,4,5);1H3;;1-2H/q;;;;;;;;;;;+1;-1/b;;;6-5+;;;;;;;;;. The van der Waals surface area contributed by atoms with E-state index in [4.69, 9.17) is 68.8 Å². The summed E-state index contributed by atoms with van der Waals surface area (Å²) < 4.78 is 73.0. The summed E-state index contributed by atoms with van der Waals surface area (Å²) in [6, 6.07) is -1.11.